The Bertz CT molecular complexity index is 571. The minimum Gasteiger partial charge on any atom is -0.383 e. The Morgan fingerprint density at radius 3 is 2.86 bits per heavy atom. The molecule has 2 aromatic rings. The van der Waals surface area contributed by atoms with Crippen molar-refractivity contribution in [1.29, 1.82) is 0 Å². The highest BCUT2D eigenvalue weighted by Crippen LogP contribution is 2.19. The van der Waals surface area contributed by atoms with E-state index in [1.54, 1.807) is 7.11 Å². The van der Waals surface area contributed by atoms with Crippen LogP contribution in [0.25, 0.3) is 10.9 Å². The second kappa shape index (κ2) is 8.08. The highest BCUT2D eigenvalue weighted by molar-refractivity contribution is 5.82. The van der Waals surface area contributed by atoms with E-state index in [2.05, 4.69) is 53.4 Å². The molecule has 0 radical (unpaired) electrons. The molecule has 0 fully saturated rings. The normalized spacial score (nSPS) is 11.4. The van der Waals surface area contributed by atoms with Gasteiger partial charge in [-0.15, -0.1) is 0 Å². The number of pyridine rings is 1. The van der Waals surface area contributed by atoms with Crippen LogP contribution in [0.2, 0.25) is 0 Å². The average Bonchev–Trinajstić information content (AvgIpc) is 2.47. The average molecular weight is 287 g/mol. The molecule has 0 amide bonds. The van der Waals surface area contributed by atoms with Gasteiger partial charge in [-0.25, -0.2) is 0 Å². The number of aromatic nitrogens is 1. The Hall–Kier alpha value is -1.49. The summed E-state index contributed by atoms with van der Waals surface area (Å²) < 4.78 is 5.02. The predicted octanol–water partition coefficient (Wildman–Crippen LogP) is 2.21. The van der Waals surface area contributed by atoms with Crippen molar-refractivity contribution in [2.75, 3.05) is 40.4 Å². The lowest BCUT2D eigenvalue weighted by Crippen LogP contribution is -2.30. The van der Waals surface area contributed by atoms with Gasteiger partial charge in [-0.05, 0) is 31.7 Å². The van der Waals surface area contributed by atoms with Crippen LogP contribution in [0, 0.1) is 6.92 Å². The molecule has 0 aliphatic carbocycles. The van der Waals surface area contributed by atoms with Crippen LogP contribution < -0.4 is 5.32 Å². The van der Waals surface area contributed by atoms with Gasteiger partial charge in [0, 0.05) is 44.4 Å². The molecule has 1 aromatic carbocycles. The molecule has 0 saturated heterocycles. The molecule has 1 N–H and O–H groups in total. The van der Waals surface area contributed by atoms with Crippen molar-refractivity contribution in [3.8, 4) is 0 Å². The molecular weight excluding hydrogens is 262 g/mol. The molecule has 114 valence electrons. The Morgan fingerprint density at radius 2 is 2.05 bits per heavy atom. The van der Waals surface area contributed by atoms with E-state index >= 15 is 0 Å². The van der Waals surface area contributed by atoms with Gasteiger partial charge >= 0.3 is 0 Å². The summed E-state index contributed by atoms with van der Waals surface area (Å²) in [6, 6.07) is 10.5. The number of aryl methyl sites for hydroxylation is 1. The number of ether oxygens (including phenoxy) is 1. The zero-order valence-electron chi connectivity index (χ0n) is 13.2. The van der Waals surface area contributed by atoms with Crippen LogP contribution in [0.3, 0.4) is 0 Å². The van der Waals surface area contributed by atoms with E-state index in [9.17, 15) is 0 Å². The Labute approximate surface area is 127 Å². The molecule has 0 bridgehead atoms. The van der Waals surface area contributed by atoms with Crippen molar-refractivity contribution < 1.29 is 4.74 Å². The Balaban J connectivity index is 1.96. The van der Waals surface area contributed by atoms with E-state index in [0.717, 1.165) is 44.0 Å². The summed E-state index contributed by atoms with van der Waals surface area (Å²) in [5, 5.41) is 4.62. The number of rotatable bonds is 8. The largest absolute Gasteiger partial charge is 0.383 e. The first-order valence-corrected chi connectivity index (χ1v) is 7.44. The van der Waals surface area contributed by atoms with E-state index in [-0.39, 0.29) is 0 Å². The van der Waals surface area contributed by atoms with Crippen LogP contribution in [0.1, 0.15) is 11.3 Å². The highest BCUT2D eigenvalue weighted by Gasteiger charge is 2.06. The number of fused-ring (bicyclic) bond motifs is 1. The second-order valence-electron chi connectivity index (χ2n) is 5.42. The fourth-order valence-electron chi connectivity index (χ4n) is 2.46. The predicted molar refractivity (Wildman–Crippen MR) is 87.6 cm³/mol. The summed E-state index contributed by atoms with van der Waals surface area (Å²) >= 11 is 0. The lowest BCUT2D eigenvalue weighted by molar-refractivity contribution is 0.197. The summed E-state index contributed by atoms with van der Waals surface area (Å²) in [7, 11) is 3.88. The second-order valence-corrected chi connectivity index (χ2v) is 5.42. The molecule has 0 spiro atoms. The summed E-state index contributed by atoms with van der Waals surface area (Å²) in [5.74, 6) is 0. The third kappa shape index (κ3) is 4.77. The molecule has 4 heteroatoms. The van der Waals surface area contributed by atoms with Crippen LogP contribution in [0.15, 0.2) is 30.3 Å². The molecular formula is C17H25N3O. The first-order chi connectivity index (χ1) is 10.2. The minimum absolute atomic E-state index is 0.762. The molecule has 1 heterocycles. The van der Waals surface area contributed by atoms with Gasteiger partial charge < -0.3 is 15.0 Å². The maximum absolute atomic E-state index is 5.02. The third-order valence-corrected chi connectivity index (χ3v) is 3.52. The minimum atomic E-state index is 0.762. The molecule has 0 aliphatic rings. The summed E-state index contributed by atoms with van der Waals surface area (Å²) in [6.45, 7) is 6.65. The van der Waals surface area contributed by atoms with E-state index in [4.69, 9.17) is 4.74 Å². The van der Waals surface area contributed by atoms with Gasteiger partial charge in [0.15, 0.2) is 0 Å². The van der Waals surface area contributed by atoms with Crippen LogP contribution in [0.4, 0.5) is 0 Å². The van der Waals surface area contributed by atoms with Crippen LogP contribution in [0.5, 0.6) is 0 Å². The van der Waals surface area contributed by atoms with Gasteiger partial charge in [-0.3, -0.25) is 4.98 Å². The standard InChI is InChI=1S/C17H25N3O/c1-14-12-15(16-6-4-5-7-17(16)19-14)13-20(2)10-8-18-9-11-21-3/h4-7,12,18H,8-11,13H2,1-3H3. The fraction of sp³-hybridized carbons (Fsp3) is 0.471. The lowest BCUT2D eigenvalue weighted by Gasteiger charge is -2.18. The number of nitrogens with one attached hydrogen (secondary N) is 1. The molecule has 0 saturated carbocycles. The number of para-hydroxylation sites is 1. The van der Waals surface area contributed by atoms with E-state index in [1.807, 2.05) is 6.07 Å². The van der Waals surface area contributed by atoms with Gasteiger partial charge in [0.25, 0.3) is 0 Å². The molecule has 0 unspecified atom stereocenters. The zero-order valence-corrected chi connectivity index (χ0v) is 13.2. The quantitative estimate of drug-likeness (QED) is 0.755. The number of likely N-dealkylation sites (N-methyl/N-ethyl adjacent to an activating group) is 1. The number of hydrogen-bond acceptors (Lipinski definition) is 4. The van der Waals surface area contributed by atoms with Crippen molar-refractivity contribution in [2.24, 2.45) is 0 Å². The van der Waals surface area contributed by atoms with Gasteiger partial charge in [0.2, 0.25) is 0 Å². The van der Waals surface area contributed by atoms with Crippen LogP contribution in [-0.2, 0) is 11.3 Å². The van der Waals surface area contributed by atoms with Gasteiger partial charge in [-0.1, -0.05) is 18.2 Å². The van der Waals surface area contributed by atoms with Crippen molar-refractivity contribution in [3.05, 3.63) is 41.6 Å². The summed E-state index contributed by atoms with van der Waals surface area (Å²) in [5.41, 5.74) is 3.51. The maximum Gasteiger partial charge on any atom is 0.0708 e. The van der Waals surface area contributed by atoms with Crippen molar-refractivity contribution >= 4 is 10.9 Å². The third-order valence-electron chi connectivity index (χ3n) is 3.52. The zero-order chi connectivity index (χ0) is 15.1. The summed E-state index contributed by atoms with van der Waals surface area (Å²) in [6.07, 6.45) is 0. The van der Waals surface area contributed by atoms with Crippen LogP contribution >= 0.6 is 0 Å². The molecule has 0 aliphatic heterocycles. The number of nitrogens with zero attached hydrogens (tertiary/aromatic N) is 2. The van der Waals surface area contributed by atoms with Crippen LogP contribution in [-0.4, -0.2) is 50.3 Å². The number of hydrogen-bond donors (Lipinski definition) is 1. The molecule has 2 rings (SSSR count). The van der Waals surface area contributed by atoms with E-state index in [1.165, 1.54) is 10.9 Å². The van der Waals surface area contributed by atoms with Crippen molar-refractivity contribution in [1.82, 2.24) is 15.2 Å². The van der Waals surface area contributed by atoms with Gasteiger partial charge in [0.05, 0.1) is 12.1 Å². The first-order valence-electron chi connectivity index (χ1n) is 7.44. The smallest absolute Gasteiger partial charge is 0.0708 e. The van der Waals surface area contributed by atoms with E-state index in [0.29, 0.717) is 0 Å². The van der Waals surface area contributed by atoms with E-state index < -0.39 is 0 Å². The first kappa shape index (κ1) is 15.9. The molecule has 0 atom stereocenters. The SMILES string of the molecule is COCCNCCN(C)Cc1cc(C)nc2ccccc12. The monoisotopic (exact) mass is 287 g/mol. The van der Waals surface area contributed by atoms with Gasteiger partial charge in [-0.2, -0.15) is 0 Å². The fourth-order valence-corrected chi connectivity index (χ4v) is 2.46. The van der Waals surface area contributed by atoms with Gasteiger partial charge in [0.1, 0.15) is 0 Å². The maximum atomic E-state index is 5.02. The number of benzene rings is 1. The molecule has 1 aromatic heterocycles. The molecule has 4 nitrogen and oxygen atoms in total. The lowest BCUT2D eigenvalue weighted by atomic mass is 10.1. The highest BCUT2D eigenvalue weighted by atomic mass is 16.5. The van der Waals surface area contributed by atoms with Crippen molar-refractivity contribution in [3.63, 3.8) is 0 Å². The summed E-state index contributed by atoms with van der Waals surface area (Å²) in [4.78, 5) is 6.93. The number of methoxy groups -OCH3 is 1. The Kier molecular flexibility index (Phi) is 6.11. The molecule has 21 heavy (non-hydrogen) atoms. The Morgan fingerprint density at radius 1 is 1.24 bits per heavy atom. The van der Waals surface area contributed by atoms with Crippen molar-refractivity contribution in [2.45, 2.75) is 13.5 Å². The topological polar surface area (TPSA) is 37.4 Å².